The predicted molar refractivity (Wildman–Crippen MR) is 75.3 cm³/mol. The smallest absolute Gasteiger partial charge is 0.123 e. The fourth-order valence-electron chi connectivity index (χ4n) is 1.23. The molecule has 0 unspecified atom stereocenters. The van der Waals surface area contributed by atoms with Gasteiger partial charge in [0.1, 0.15) is 12.4 Å². The summed E-state index contributed by atoms with van der Waals surface area (Å²) >= 11 is 3.43. The van der Waals surface area contributed by atoms with Crippen molar-refractivity contribution in [1.82, 2.24) is 4.90 Å². The van der Waals surface area contributed by atoms with Crippen LogP contribution in [0.4, 0.5) is 0 Å². The van der Waals surface area contributed by atoms with E-state index in [0.717, 1.165) is 15.8 Å². The zero-order valence-corrected chi connectivity index (χ0v) is 12.5. The Kier molecular flexibility index (Phi) is 4.98. The monoisotopic (exact) mass is 300 g/mol. The second-order valence-corrected chi connectivity index (χ2v) is 5.87. The summed E-state index contributed by atoms with van der Waals surface area (Å²) in [6, 6.07) is 5.92. The van der Waals surface area contributed by atoms with E-state index in [0.29, 0.717) is 13.2 Å². The normalized spacial score (nSPS) is 11.9. The second kappa shape index (κ2) is 5.85. The van der Waals surface area contributed by atoms with Crippen molar-refractivity contribution in [2.75, 3.05) is 20.7 Å². The molecule has 0 bridgehead atoms. The van der Waals surface area contributed by atoms with Crippen LogP contribution in [0.2, 0.25) is 0 Å². The van der Waals surface area contributed by atoms with Crippen molar-refractivity contribution in [2.24, 2.45) is 5.73 Å². The zero-order chi connectivity index (χ0) is 13.1. The molecule has 4 heteroatoms. The van der Waals surface area contributed by atoms with E-state index in [9.17, 15) is 0 Å². The minimum Gasteiger partial charge on any atom is -0.491 e. The molecule has 0 amide bonds. The van der Waals surface area contributed by atoms with Crippen molar-refractivity contribution >= 4 is 15.9 Å². The first-order chi connectivity index (χ1) is 7.86. The number of ether oxygens (including phenoxy) is 1. The minimum atomic E-state index is -0.00105. The van der Waals surface area contributed by atoms with Crippen molar-refractivity contribution in [1.29, 1.82) is 0 Å². The van der Waals surface area contributed by atoms with Crippen LogP contribution in [0.15, 0.2) is 22.7 Å². The molecule has 3 nitrogen and oxygen atoms in total. The van der Waals surface area contributed by atoms with Gasteiger partial charge in [-0.2, -0.15) is 0 Å². The SMILES string of the molecule is CN(C)C(C)(C)COc1ccc(Br)cc1CN. The van der Waals surface area contributed by atoms with Gasteiger partial charge >= 0.3 is 0 Å². The number of hydrogen-bond acceptors (Lipinski definition) is 3. The average molecular weight is 301 g/mol. The number of rotatable bonds is 5. The lowest BCUT2D eigenvalue weighted by molar-refractivity contribution is 0.113. The Morgan fingerprint density at radius 3 is 2.53 bits per heavy atom. The van der Waals surface area contributed by atoms with Gasteiger partial charge in [0.05, 0.1) is 0 Å². The summed E-state index contributed by atoms with van der Waals surface area (Å²) in [6.45, 7) is 5.41. The lowest BCUT2D eigenvalue weighted by atomic mass is 10.1. The van der Waals surface area contributed by atoms with Crippen LogP contribution in [-0.2, 0) is 6.54 Å². The van der Waals surface area contributed by atoms with E-state index in [2.05, 4.69) is 48.8 Å². The minimum absolute atomic E-state index is 0.00105. The van der Waals surface area contributed by atoms with Gasteiger partial charge in [0.25, 0.3) is 0 Å². The van der Waals surface area contributed by atoms with Gasteiger partial charge < -0.3 is 15.4 Å². The van der Waals surface area contributed by atoms with Crippen molar-refractivity contribution in [3.8, 4) is 5.75 Å². The summed E-state index contributed by atoms with van der Waals surface area (Å²) in [6.07, 6.45) is 0. The first kappa shape index (κ1) is 14.5. The Bertz CT molecular complexity index is 378. The molecule has 1 rings (SSSR count). The van der Waals surface area contributed by atoms with E-state index in [-0.39, 0.29) is 5.54 Å². The molecule has 0 fully saturated rings. The highest BCUT2D eigenvalue weighted by Gasteiger charge is 2.21. The summed E-state index contributed by atoms with van der Waals surface area (Å²) in [7, 11) is 4.10. The predicted octanol–water partition coefficient (Wildman–Crippen LogP) is 2.63. The van der Waals surface area contributed by atoms with Gasteiger partial charge in [0.2, 0.25) is 0 Å². The first-order valence-corrected chi connectivity index (χ1v) is 6.45. The maximum atomic E-state index is 5.87. The summed E-state index contributed by atoms with van der Waals surface area (Å²) in [4.78, 5) is 2.15. The summed E-state index contributed by atoms with van der Waals surface area (Å²) in [5.41, 5.74) is 6.73. The number of halogens is 1. The Morgan fingerprint density at radius 2 is 2.00 bits per heavy atom. The molecule has 2 N–H and O–H groups in total. The van der Waals surface area contributed by atoms with Gasteiger partial charge in [0.15, 0.2) is 0 Å². The molecule has 0 heterocycles. The van der Waals surface area contributed by atoms with Crippen molar-refractivity contribution in [3.63, 3.8) is 0 Å². The fourth-order valence-corrected chi connectivity index (χ4v) is 1.64. The van der Waals surface area contributed by atoms with E-state index in [1.807, 2.05) is 18.2 Å². The van der Waals surface area contributed by atoms with Crippen LogP contribution in [-0.4, -0.2) is 31.1 Å². The number of benzene rings is 1. The third kappa shape index (κ3) is 3.98. The Morgan fingerprint density at radius 1 is 1.35 bits per heavy atom. The molecular formula is C13H21BrN2O. The number of likely N-dealkylation sites (N-methyl/N-ethyl adjacent to an activating group) is 1. The fraction of sp³-hybridized carbons (Fsp3) is 0.538. The maximum Gasteiger partial charge on any atom is 0.123 e. The van der Waals surface area contributed by atoms with Gasteiger partial charge in [-0.1, -0.05) is 15.9 Å². The summed E-state index contributed by atoms with van der Waals surface area (Å²) in [5, 5.41) is 0. The third-order valence-electron chi connectivity index (χ3n) is 3.03. The van der Waals surface area contributed by atoms with E-state index in [4.69, 9.17) is 10.5 Å². The van der Waals surface area contributed by atoms with Crippen molar-refractivity contribution in [3.05, 3.63) is 28.2 Å². The molecule has 96 valence electrons. The van der Waals surface area contributed by atoms with E-state index in [1.54, 1.807) is 0 Å². The number of nitrogens with zero attached hydrogens (tertiary/aromatic N) is 1. The molecule has 0 aliphatic carbocycles. The van der Waals surface area contributed by atoms with Crippen LogP contribution >= 0.6 is 15.9 Å². The van der Waals surface area contributed by atoms with Crippen LogP contribution < -0.4 is 10.5 Å². The Balaban J connectivity index is 2.76. The van der Waals surface area contributed by atoms with E-state index in [1.165, 1.54) is 0 Å². The molecule has 0 atom stereocenters. The molecule has 0 saturated heterocycles. The zero-order valence-electron chi connectivity index (χ0n) is 11.0. The van der Waals surface area contributed by atoms with Crippen molar-refractivity contribution < 1.29 is 4.74 Å². The lowest BCUT2D eigenvalue weighted by Gasteiger charge is -2.32. The quantitative estimate of drug-likeness (QED) is 0.908. The maximum absolute atomic E-state index is 5.87. The highest BCUT2D eigenvalue weighted by molar-refractivity contribution is 9.10. The van der Waals surface area contributed by atoms with Gasteiger partial charge in [-0.25, -0.2) is 0 Å². The standard InChI is InChI=1S/C13H21BrN2O/c1-13(2,16(3)4)9-17-12-6-5-11(14)7-10(12)8-15/h5-7H,8-9,15H2,1-4H3. The van der Waals surface area contributed by atoms with Gasteiger partial charge in [-0.3, -0.25) is 0 Å². The van der Waals surface area contributed by atoms with Crippen LogP contribution in [0.3, 0.4) is 0 Å². The number of nitrogens with two attached hydrogens (primary N) is 1. The molecule has 0 saturated carbocycles. The van der Waals surface area contributed by atoms with Gasteiger partial charge in [-0.05, 0) is 46.1 Å². The molecule has 17 heavy (non-hydrogen) atoms. The molecule has 0 aromatic heterocycles. The van der Waals surface area contributed by atoms with Crippen LogP contribution in [0.1, 0.15) is 19.4 Å². The molecule has 1 aromatic rings. The van der Waals surface area contributed by atoms with E-state index < -0.39 is 0 Å². The largest absolute Gasteiger partial charge is 0.491 e. The van der Waals surface area contributed by atoms with Gasteiger partial charge in [0, 0.05) is 22.1 Å². The van der Waals surface area contributed by atoms with Crippen molar-refractivity contribution in [2.45, 2.75) is 25.9 Å². The van der Waals surface area contributed by atoms with Gasteiger partial charge in [-0.15, -0.1) is 0 Å². The third-order valence-corrected chi connectivity index (χ3v) is 3.53. The molecule has 0 aliphatic rings. The molecule has 0 radical (unpaired) electrons. The average Bonchev–Trinajstić information content (AvgIpc) is 2.27. The van der Waals surface area contributed by atoms with Crippen LogP contribution in [0.25, 0.3) is 0 Å². The van der Waals surface area contributed by atoms with Crippen LogP contribution in [0, 0.1) is 0 Å². The van der Waals surface area contributed by atoms with E-state index >= 15 is 0 Å². The second-order valence-electron chi connectivity index (χ2n) is 4.95. The lowest BCUT2D eigenvalue weighted by Crippen LogP contribution is -2.43. The molecule has 0 spiro atoms. The highest BCUT2D eigenvalue weighted by atomic mass is 79.9. The summed E-state index contributed by atoms with van der Waals surface area (Å²) < 4.78 is 6.89. The topological polar surface area (TPSA) is 38.5 Å². The summed E-state index contributed by atoms with van der Waals surface area (Å²) in [5.74, 6) is 0.866. The molecular weight excluding hydrogens is 280 g/mol. The highest BCUT2D eigenvalue weighted by Crippen LogP contribution is 2.24. The Hall–Kier alpha value is -0.580. The number of hydrogen-bond donors (Lipinski definition) is 1. The first-order valence-electron chi connectivity index (χ1n) is 5.65. The van der Waals surface area contributed by atoms with Crippen LogP contribution in [0.5, 0.6) is 5.75 Å². The Labute approximate surface area is 112 Å². The molecule has 1 aromatic carbocycles. The molecule has 0 aliphatic heterocycles.